The molecule has 0 bridgehead atoms. The predicted octanol–water partition coefficient (Wildman–Crippen LogP) is 4.69. The lowest BCUT2D eigenvalue weighted by molar-refractivity contribution is -0.148. The summed E-state index contributed by atoms with van der Waals surface area (Å²) in [6, 6.07) is 13.7. The van der Waals surface area contributed by atoms with Gasteiger partial charge in [0.05, 0.1) is 18.0 Å². The van der Waals surface area contributed by atoms with E-state index < -0.39 is 0 Å². The lowest BCUT2D eigenvalue weighted by Gasteiger charge is -2.32. The van der Waals surface area contributed by atoms with Gasteiger partial charge in [0.25, 0.3) is 0 Å². The maximum Gasteiger partial charge on any atom is 0.310 e. The van der Waals surface area contributed by atoms with Gasteiger partial charge in [-0.25, -0.2) is 9.38 Å². The zero-order valence-electron chi connectivity index (χ0n) is 18.1. The highest BCUT2D eigenvalue weighted by Crippen LogP contribution is 2.32. The number of fused-ring (bicyclic) bond motifs is 3. The number of benzene rings is 2. The average Bonchev–Trinajstić information content (AvgIpc) is 3.24. The van der Waals surface area contributed by atoms with Gasteiger partial charge in [-0.15, -0.1) is 10.2 Å². The van der Waals surface area contributed by atoms with E-state index in [1.165, 1.54) is 0 Å². The van der Waals surface area contributed by atoms with Crippen molar-refractivity contribution in [1.29, 1.82) is 0 Å². The minimum atomic E-state index is -0.186. The first-order valence-electron chi connectivity index (χ1n) is 10.9. The number of aryl methyl sites for hydroxylation is 1. The molecule has 2 aromatic heterocycles. The van der Waals surface area contributed by atoms with Gasteiger partial charge in [0, 0.05) is 29.1 Å². The molecule has 1 fully saturated rings. The molecule has 164 valence electrons. The predicted molar refractivity (Wildman–Crippen MR) is 125 cm³/mol. The summed E-state index contributed by atoms with van der Waals surface area (Å²) in [7, 11) is 0. The molecule has 4 aromatic rings. The minimum absolute atomic E-state index is 0.153. The second kappa shape index (κ2) is 8.39. The van der Waals surface area contributed by atoms with Crippen LogP contribution in [0.15, 0.2) is 42.5 Å². The van der Waals surface area contributed by atoms with Crippen LogP contribution in [0.5, 0.6) is 0 Å². The molecule has 5 rings (SSSR count). The fourth-order valence-electron chi connectivity index (χ4n) is 4.41. The van der Waals surface area contributed by atoms with Crippen LogP contribution < -0.4 is 4.90 Å². The van der Waals surface area contributed by atoms with Gasteiger partial charge >= 0.3 is 5.97 Å². The van der Waals surface area contributed by atoms with E-state index in [0.717, 1.165) is 52.9 Å². The van der Waals surface area contributed by atoms with Crippen LogP contribution in [-0.4, -0.2) is 45.2 Å². The van der Waals surface area contributed by atoms with Crippen molar-refractivity contribution in [2.75, 3.05) is 24.6 Å². The third-order valence-electron chi connectivity index (χ3n) is 5.99. The number of hydrogen-bond donors (Lipinski definition) is 0. The van der Waals surface area contributed by atoms with Crippen molar-refractivity contribution in [3.05, 3.63) is 53.1 Å². The van der Waals surface area contributed by atoms with E-state index in [1.54, 1.807) is 0 Å². The van der Waals surface area contributed by atoms with Crippen LogP contribution in [0.2, 0.25) is 5.02 Å². The number of aromatic nitrogens is 4. The topological polar surface area (TPSA) is 72.6 Å². The first-order chi connectivity index (χ1) is 15.6. The summed E-state index contributed by atoms with van der Waals surface area (Å²) in [6.45, 7) is 5.60. The van der Waals surface area contributed by atoms with Crippen molar-refractivity contribution in [1.82, 2.24) is 19.6 Å². The second-order valence-corrected chi connectivity index (χ2v) is 8.54. The third-order valence-corrected chi connectivity index (χ3v) is 6.23. The van der Waals surface area contributed by atoms with E-state index in [1.807, 2.05) is 47.7 Å². The summed E-state index contributed by atoms with van der Waals surface area (Å²) in [5, 5.41) is 10.6. The molecule has 0 spiro atoms. The van der Waals surface area contributed by atoms with Gasteiger partial charge in [-0.05, 0) is 50.5 Å². The Bertz CT molecular complexity index is 1320. The Kier molecular flexibility index (Phi) is 5.43. The molecular weight excluding hydrogens is 426 g/mol. The molecule has 0 radical (unpaired) electrons. The normalized spacial score (nSPS) is 16.6. The number of carbonyl (C=O) groups excluding carboxylic acids is 1. The van der Waals surface area contributed by atoms with E-state index in [2.05, 4.69) is 28.1 Å². The van der Waals surface area contributed by atoms with Gasteiger partial charge in [-0.1, -0.05) is 35.9 Å². The Balaban J connectivity index is 1.72. The Hall–Kier alpha value is -3.19. The molecule has 7 nitrogen and oxygen atoms in total. The fourth-order valence-corrected chi connectivity index (χ4v) is 4.58. The Labute approximate surface area is 191 Å². The van der Waals surface area contributed by atoms with Gasteiger partial charge in [0.1, 0.15) is 0 Å². The van der Waals surface area contributed by atoms with Crippen LogP contribution in [-0.2, 0) is 9.53 Å². The average molecular weight is 450 g/mol. The molecule has 1 unspecified atom stereocenters. The van der Waals surface area contributed by atoms with Gasteiger partial charge in [-0.2, -0.15) is 0 Å². The van der Waals surface area contributed by atoms with E-state index in [0.29, 0.717) is 24.1 Å². The molecule has 0 aliphatic carbocycles. The van der Waals surface area contributed by atoms with Crippen molar-refractivity contribution < 1.29 is 9.53 Å². The van der Waals surface area contributed by atoms with E-state index in [9.17, 15) is 4.79 Å². The summed E-state index contributed by atoms with van der Waals surface area (Å²) < 4.78 is 7.30. The molecule has 1 aliphatic heterocycles. The van der Waals surface area contributed by atoms with Gasteiger partial charge in [0.2, 0.25) is 5.95 Å². The largest absolute Gasteiger partial charge is 0.466 e. The summed E-state index contributed by atoms with van der Waals surface area (Å²) in [6.07, 6.45) is 1.69. The molecule has 3 heterocycles. The van der Waals surface area contributed by atoms with Crippen LogP contribution in [0, 0.1) is 12.8 Å². The fraction of sp³-hybridized carbons (Fsp3) is 0.333. The summed E-state index contributed by atoms with van der Waals surface area (Å²) in [5.41, 5.74) is 3.57. The molecular formula is C24H24ClN5O2. The Morgan fingerprint density at radius 1 is 1.22 bits per heavy atom. The SMILES string of the molecule is CCOC(=O)C1CCCN(c2nc3cc(Cl)ccc3c3nnc(-c4ccccc4C)n23)C1. The van der Waals surface area contributed by atoms with Crippen LogP contribution in [0.25, 0.3) is 27.9 Å². The number of nitrogens with zero attached hydrogens (tertiary/aromatic N) is 5. The molecule has 1 saturated heterocycles. The third kappa shape index (κ3) is 3.56. The summed E-state index contributed by atoms with van der Waals surface area (Å²) in [4.78, 5) is 19.6. The number of anilines is 1. The number of hydrogen-bond acceptors (Lipinski definition) is 6. The second-order valence-electron chi connectivity index (χ2n) is 8.11. The van der Waals surface area contributed by atoms with Crippen LogP contribution >= 0.6 is 11.6 Å². The molecule has 8 heteroatoms. The van der Waals surface area contributed by atoms with Crippen molar-refractivity contribution in [3.63, 3.8) is 0 Å². The quantitative estimate of drug-likeness (QED) is 0.421. The van der Waals surface area contributed by atoms with Crippen molar-refractivity contribution in [2.45, 2.75) is 26.7 Å². The van der Waals surface area contributed by atoms with Crippen molar-refractivity contribution in [3.8, 4) is 11.4 Å². The molecule has 0 N–H and O–H groups in total. The van der Waals surface area contributed by atoms with Crippen LogP contribution in [0.3, 0.4) is 0 Å². The first kappa shape index (κ1) is 20.7. The first-order valence-corrected chi connectivity index (χ1v) is 11.3. The molecule has 1 atom stereocenters. The van der Waals surface area contributed by atoms with E-state index >= 15 is 0 Å². The monoisotopic (exact) mass is 449 g/mol. The smallest absolute Gasteiger partial charge is 0.310 e. The molecule has 0 amide bonds. The zero-order valence-corrected chi connectivity index (χ0v) is 18.8. The van der Waals surface area contributed by atoms with Gasteiger partial charge < -0.3 is 9.64 Å². The number of carbonyl (C=O) groups is 1. The van der Waals surface area contributed by atoms with Crippen molar-refractivity contribution in [2.24, 2.45) is 5.92 Å². The highest BCUT2D eigenvalue weighted by molar-refractivity contribution is 6.31. The van der Waals surface area contributed by atoms with E-state index in [-0.39, 0.29) is 11.9 Å². The van der Waals surface area contributed by atoms with Gasteiger partial charge in [-0.3, -0.25) is 4.79 Å². The Morgan fingerprint density at radius 2 is 2.06 bits per heavy atom. The Morgan fingerprint density at radius 3 is 2.88 bits per heavy atom. The number of ether oxygens (including phenoxy) is 1. The van der Waals surface area contributed by atoms with Crippen LogP contribution in [0.1, 0.15) is 25.3 Å². The number of piperidine rings is 1. The molecule has 2 aromatic carbocycles. The highest BCUT2D eigenvalue weighted by atomic mass is 35.5. The summed E-state index contributed by atoms with van der Waals surface area (Å²) in [5.74, 6) is 1.11. The van der Waals surface area contributed by atoms with E-state index in [4.69, 9.17) is 21.3 Å². The zero-order chi connectivity index (χ0) is 22.2. The van der Waals surface area contributed by atoms with Crippen LogP contribution in [0.4, 0.5) is 5.95 Å². The summed E-state index contributed by atoms with van der Waals surface area (Å²) >= 11 is 6.27. The number of esters is 1. The number of halogens is 1. The standard InChI is InChI=1S/C24H24ClN5O2/c1-3-32-23(31)16-8-6-12-29(14-16)24-26-20-13-17(25)10-11-19(20)22-28-27-21(30(22)24)18-9-5-4-7-15(18)2/h4-5,7,9-11,13,16H,3,6,8,12,14H2,1-2H3. The molecule has 0 saturated carbocycles. The highest BCUT2D eigenvalue weighted by Gasteiger charge is 2.30. The minimum Gasteiger partial charge on any atom is -0.466 e. The molecule has 32 heavy (non-hydrogen) atoms. The molecule has 1 aliphatic rings. The van der Waals surface area contributed by atoms with Gasteiger partial charge in [0.15, 0.2) is 11.5 Å². The van der Waals surface area contributed by atoms with Crippen molar-refractivity contribution >= 4 is 40.1 Å². The maximum atomic E-state index is 12.5. The number of rotatable bonds is 4. The maximum absolute atomic E-state index is 12.5. The lowest BCUT2D eigenvalue weighted by Crippen LogP contribution is -2.40. The lowest BCUT2D eigenvalue weighted by atomic mass is 9.98.